The normalized spacial score (nSPS) is 13.3. The van der Waals surface area contributed by atoms with Crippen molar-refractivity contribution in [3.63, 3.8) is 0 Å². The lowest BCUT2D eigenvalue weighted by atomic mass is 10.0. The fourth-order valence-corrected chi connectivity index (χ4v) is 3.39. The van der Waals surface area contributed by atoms with Gasteiger partial charge < -0.3 is 15.2 Å². The summed E-state index contributed by atoms with van der Waals surface area (Å²) in [6, 6.07) is 18.3. The molecule has 2 atom stereocenters. The zero-order chi connectivity index (χ0) is 22.4. The maximum atomic E-state index is 13.1. The van der Waals surface area contributed by atoms with Crippen LogP contribution in [-0.2, 0) is 14.3 Å². The second-order valence-electron chi connectivity index (χ2n) is 7.56. The van der Waals surface area contributed by atoms with Crippen molar-refractivity contribution in [3.05, 3.63) is 77.9 Å². The van der Waals surface area contributed by atoms with Crippen molar-refractivity contribution < 1.29 is 19.4 Å². The number of carbonyl (C=O) groups is 2. The summed E-state index contributed by atoms with van der Waals surface area (Å²) >= 11 is 0. The number of carbonyl (C=O) groups excluding carboxylic acids is 2. The van der Waals surface area contributed by atoms with Crippen molar-refractivity contribution in [2.45, 2.75) is 25.9 Å². The number of nitrogens with zero attached hydrogens (tertiary/aromatic N) is 1. The molecule has 0 saturated heterocycles. The summed E-state index contributed by atoms with van der Waals surface area (Å²) in [6.07, 6.45) is 1.53. The molecular weight excluding hydrogens is 392 g/mol. The van der Waals surface area contributed by atoms with E-state index in [1.54, 1.807) is 30.3 Å². The number of hydrogen-bond donors (Lipinski definition) is 2. The van der Waals surface area contributed by atoms with Crippen molar-refractivity contribution in [2.24, 2.45) is 10.9 Å². The SMILES string of the molecule is COC(=O)[C@@H](NC(=O)[C@@H](N=Cc1c(O)ccc2ccccc12)C(C)C)c1ccccc1. The summed E-state index contributed by atoms with van der Waals surface area (Å²) in [5, 5.41) is 14.9. The first-order valence-electron chi connectivity index (χ1n) is 10.1. The Morgan fingerprint density at radius 1 is 1.00 bits per heavy atom. The predicted molar refractivity (Wildman–Crippen MR) is 121 cm³/mol. The molecule has 3 rings (SSSR count). The number of rotatable bonds is 7. The lowest BCUT2D eigenvalue weighted by Gasteiger charge is -2.21. The average molecular weight is 418 g/mol. The minimum atomic E-state index is -0.930. The topological polar surface area (TPSA) is 88.0 Å². The molecule has 1 amide bonds. The summed E-state index contributed by atoms with van der Waals surface area (Å²) in [6.45, 7) is 3.75. The highest BCUT2D eigenvalue weighted by Crippen LogP contribution is 2.26. The molecule has 0 aromatic heterocycles. The molecule has 0 saturated carbocycles. The highest BCUT2D eigenvalue weighted by atomic mass is 16.5. The van der Waals surface area contributed by atoms with E-state index in [0.29, 0.717) is 11.1 Å². The van der Waals surface area contributed by atoms with Crippen molar-refractivity contribution >= 4 is 28.9 Å². The number of hydrogen-bond acceptors (Lipinski definition) is 5. The molecule has 0 aliphatic rings. The van der Waals surface area contributed by atoms with Gasteiger partial charge in [-0.25, -0.2) is 4.79 Å². The monoisotopic (exact) mass is 418 g/mol. The lowest BCUT2D eigenvalue weighted by molar-refractivity contribution is -0.145. The van der Waals surface area contributed by atoms with Gasteiger partial charge in [0.2, 0.25) is 5.91 Å². The van der Waals surface area contributed by atoms with Crippen molar-refractivity contribution in [2.75, 3.05) is 7.11 Å². The predicted octanol–water partition coefficient (Wildman–Crippen LogP) is 4.02. The number of aromatic hydroxyl groups is 1. The Morgan fingerprint density at radius 3 is 2.35 bits per heavy atom. The van der Waals surface area contributed by atoms with Gasteiger partial charge in [-0.2, -0.15) is 0 Å². The highest BCUT2D eigenvalue weighted by Gasteiger charge is 2.28. The Bertz CT molecular complexity index is 1090. The van der Waals surface area contributed by atoms with Gasteiger partial charge in [-0.1, -0.05) is 74.5 Å². The van der Waals surface area contributed by atoms with E-state index < -0.39 is 24.0 Å². The lowest BCUT2D eigenvalue weighted by Crippen LogP contribution is -2.42. The van der Waals surface area contributed by atoms with Crippen LogP contribution in [0.5, 0.6) is 5.75 Å². The van der Waals surface area contributed by atoms with Gasteiger partial charge in [0.1, 0.15) is 11.8 Å². The van der Waals surface area contributed by atoms with Gasteiger partial charge in [-0.3, -0.25) is 9.79 Å². The second-order valence-corrected chi connectivity index (χ2v) is 7.56. The first-order chi connectivity index (χ1) is 14.9. The Labute approximate surface area is 181 Å². The number of methoxy groups -OCH3 is 1. The molecular formula is C25H26N2O4. The maximum absolute atomic E-state index is 13.1. The van der Waals surface area contributed by atoms with Gasteiger partial charge >= 0.3 is 5.97 Å². The number of amides is 1. The van der Waals surface area contributed by atoms with E-state index >= 15 is 0 Å². The minimum Gasteiger partial charge on any atom is -0.507 e. The van der Waals surface area contributed by atoms with Crippen molar-refractivity contribution in [3.8, 4) is 5.75 Å². The highest BCUT2D eigenvalue weighted by molar-refractivity contribution is 6.03. The molecule has 0 radical (unpaired) electrons. The Kier molecular flexibility index (Phi) is 7.03. The molecule has 6 nitrogen and oxygen atoms in total. The van der Waals surface area contributed by atoms with Crippen molar-refractivity contribution in [1.82, 2.24) is 5.32 Å². The summed E-state index contributed by atoms with van der Waals surface area (Å²) < 4.78 is 4.88. The fraction of sp³-hybridized carbons (Fsp3) is 0.240. The van der Waals surface area contributed by atoms with Crippen molar-refractivity contribution in [1.29, 1.82) is 0 Å². The minimum absolute atomic E-state index is 0.0853. The smallest absolute Gasteiger partial charge is 0.333 e. The molecule has 0 bridgehead atoms. The van der Waals surface area contributed by atoms with E-state index in [-0.39, 0.29) is 11.7 Å². The van der Waals surface area contributed by atoms with Crippen LogP contribution < -0.4 is 5.32 Å². The van der Waals surface area contributed by atoms with Crippen LogP contribution in [0.1, 0.15) is 31.0 Å². The summed E-state index contributed by atoms with van der Waals surface area (Å²) in [7, 11) is 1.28. The van der Waals surface area contributed by atoms with Gasteiger partial charge in [0.25, 0.3) is 0 Å². The zero-order valence-corrected chi connectivity index (χ0v) is 17.8. The van der Waals surface area contributed by atoms with Crippen LogP contribution in [0.3, 0.4) is 0 Å². The van der Waals surface area contributed by atoms with Gasteiger partial charge in [-0.05, 0) is 28.3 Å². The van der Waals surface area contributed by atoms with Gasteiger partial charge in [0.15, 0.2) is 6.04 Å². The third-order valence-electron chi connectivity index (χ3n) is 5.07. The van der Waals surface area contributed by atoms with E-state index in [4.69, 9.17) is 4.74 Å². The average Bonchev–Trinajstić information content (AvgIpc) is 2.78. The Hall–Kier alpha value is -3.67. The molecule has 6 heteroatoms. The number of nitrogens with one attached hydrogen (secondary N) is 1. The molecule has 0 unspecified atom stereocenters. The van der Waals surface area contributed by atoms with Gasteiger partial charge in [0.05, 0.1) is 7.11 Å². The quantitative estimate of drug-likeness (QED) is 0.448. The summed E-state index contributed by atoms with van der Waals surface area (Å²) in [4.78, 5) is 29.9. The number of ether oxygens (including phenoxy) is 1. The number of fused-ring (bicyclic) bond motifs is 1. The molecule has 0 aliphatic heterocycles. The van der Waals surface area contributed by atoms with Crippen LogP contribution in [0.15, 0.2) is 71.7 Å². The van der Waals surface area contributed by atoms with Crippen LogP contribution in [0.2, 0.25) is 0 Å². The van der Waals surface area contributed by atoms with Crippen LogP contribution in [-0.4, -0.2) is 36.3 Å². The summed E-state index contributed by atoms with van der Waals surface area (Å²) in [5.74, 6) is -1.01. The van der Waals surface area contributed by atoms with E-state index in [0.717, 1.165) is 10.8 Å². The molecule has 160 valence electrons. The first kappa shape index (κ1) is 22.0. The van der Waals surface area contributed by atoms with Crippen LogP contribution in [0.4, 0.5) is 0 Å². The van der Waals surface area contributed by atoms with Gasteiger partial charge in [0, 0.05) is 11.8 Å². The maximum Gasteiger partial charge on any atom is 0.333 e. The number of phenols is 1. The van der Waals surface area contributed by atoms with Crippen LogP contribution in [0.25, 0.3) is 10.8 Å². The largest absolute Gasteiger partial charge is 0.507 e. The van der Waals surface area contributed by atoms with Crippen LogP contribution in [0, 0.1) is 5.92 Å². The zero-order valence-electron chi connectivity index (χ0n) is 17.8. The molecule has 3 aromatic carbocycles. The number of phenolic OH excluding ortho intramolecular Hbond substituents is 1. The molecule has 2 N–H and O–H groups in total. The third kappa shape index (κ3) is 5.09. The van der Waals surface area contributed by atoms with E-state index in [1.165, 1.54) is 13.3 Å². The van der Waals surface area contributed by atoms with E-state index in [1.807, 2.05) is 50.2 Å². The number of benzene rings is 3. The van der Waals surface area contributed by atoms with E-state index in [9.17, 15) is 14.7 Å². The molecule has 3 aromatic rings. The molecule has 0 heterocycles. The second kappa shape index (κ2) is 9.89. The molecule has 0 spiro atoms. The molecule has 0 fully saturated rings. The number of esters is 1. The van der Waals surface area contributed by atoms with Crippen LogP contribution >= 0.6 is 0 Å². The number of aliphatic imine (C=N–C) groups is 1. The summed E-state index contributed by atoms with van der Waals surface area (Å²) in [5.41, 5.74) is 1.17. The first-order valence-corrected chi connectivity index (χ1v) is 10.1. The molecule has 31 heavy (non-hydrogen) atoms. The molecule has 0 aliphatic carbocycles. The standard InChI is InChI=1S/C25H26N2O4/c1-16(2)22(24(29)27-23(25(30)31-3)18-10-5-4-6-11-18)26-15-20-19-12-8-7-9-17(19)13-14-21(20)28/h4-16,22-23,28H,1-3H3,(H,27,29)/t22-,23-/m0/s1. The third-order valence-corrected chi connectivity index (χ3v) is 5.07. The Morgan fingerprint density at radius 2 is 1.68 bits per heavy atom. The Balaban J connectivity index is 1.89. The fourth-order valence-electron chi connectivity index (χ4n) is 3.39. The van der Waals surface area contributed by atoms with E-state index in [2.05, 4.69) is 10.3 Å². The van der Waals surface area contributed by atoms with Gasteiger partial charge in [-0.15, -0.1) is 0 Å².